The number of furan rings is 1. The van der Waals surface area contributed by atoms with Gasteiger partial charge < -0.3 is 9.15 Å². The minimum absolute atomic E-state index is 0.0383. The SMILES string of the molecule is CCOC(=O)c1c(C)oc2ccc(N(C(=O)C3CCCCC3)S(=O)(=O)c3ccc(C)cc3)cc12. The van der Waals surface area contributed by atoms with Crippen LogP contribution < -0.4 is 4.31 Å². The van der Waals surface area contributed by atoms with Gasteiger partial charge in [-0.2, -0.15) is 0 Å². The van der Waals surface area contributed by atoms with Crippen molar-refractivity contribution in [3.63, 3.8) is 0 Å². The van der Waals surface area contributed by atoms with Gasteiger partial charge in [-0.1, -0.05) is 37.0 Å². The second kappa shape index (κ2) is 9.62. The Labute approximate surface area is 199 Å². The van der Waals surface area contributed by atoms with Crippen LogP contribution in [0.5, 0.6) is 0 Å². The van der Waals surface area contributed by atoms with E-state index in [-0.39, 0.29) is 28.7 Å². The maximum Gasteiger partial charge on any atom is 0.342 e. The molecule has 0 unspecified atom stereocenters. The van der Waals surface area contributed by atoms with Crippen molar-refractivity contribution in [2.45, 2.75) is 57.8 Å². The fourth-order valence-electron chi connectivity index (χ4n) is 4.51. The number of fused-ring (bicyclic) bond motifs is 1. The van der Waals surface area contributed by atoms with Crippen LogP contribution in [0.2, 0.25) is 0 Å². The summed E-state index contributed by atoms with van der Waals surface area (Å²) in [5.74, 6) is -1.00. The molecule has 1 fully saturated rings. The summed E-state index contributed by atoms with van der Waals surface area (Å²) in [5.41, 5.74) is 1.74. The number of esters is 1. The fraction of sp³-hybridized carbons (Fsp3) is 0.385. The number of nitrogens with zero attached hydrogens (tertiary/aromatic N) is 1. The van der Waals surface area contributed by atoms with Crippen molar-refractivity contribution >= 4 is 38.6 Å². The Morgan fingerprint density at radius 2 is 1.71 bits per heavy atom. The number of rotatable bonds is 6. The summed E-state index contributed by atoms with van der Waals surface area (Å²) in [5, 5.41) is 0.411. The van der Waals surface area contributed by atoms with Gasteiger partial charge in [0.25, 0.3) is 10.0 Å². The summed E-state index contributed by atoms with van der Waals surface area (Å²) in [6.45, 7) is 5.42. The number of anilines is 1. The Balaban J connectivity index is 1.87. The van der Waals surface area contributed by atoms with E-state index in [4.69, 9.17) is 9.15 Å². The molecule has 1 heterocycles. The Morgan fingerprint density at radius 3 is 2.35 bits per heavy atom. The number of carbonyl (C=O) groups is 2. The lowest BCUT2D eigenvalue weighted by molar-refractivity contribution is -0.122. The topological polar surface area (TPSA) is 93.9 Å². The average Bonchev–Trinajstić information content (AvgIpc) is 3.15. The maximum atomic E-state index is 13.8. The normalized spacial score (nSPS) is 14.8. The highest BCUT2D eigenvalue weighted by Crippen LogP contribution is 2.35. The lowest BCUT2D eigenvalue weighted by atomic mass is 9.88. The van der Waals surface area contributed by atoms with Crippen LogP contribution in [0.15, 0.2) is 51.8 Å². The molecule has 3 aromatic rings. The second-order valence-electron chi connectivity index (χ2n) is 8.69. The van der Waals surface area contributed by atoms with Gasteiger partial charge in [-0.3, -0.25) is 4.79 Å². The predicted molar refractivity (Wildman–Crippen MR) is 129 cm³/mol. The molecule has 2 aromatic carbocycles. The molecule has 1 aliphatic rings. The zero-order valence-electron chi connectivity index (χ0n) is 19.7. The first-order valence-corrected chi connectivity index (χ1v) is 13.0. The second-order valence-corrected chi connectivity index (χ2v) is 10.5. The monoisotopic (exact) mass is 483 g/mol. The summed E-state index contributed by atoms with van der Waals surface area (Å²) in [6.07, 6.45) is 4.13. The molecule has 180 valence electrons. The van der Waals surface area contributed by atoms with Crippen LogP contribution in [-0.4, -0.2) is 26.9 Å². The standard InChI is InChI=1S/C26H29NO6S/c1-4-32-26(29)24-18(3)33-23-15-12-20(16-22(23)24)27(25(28)19-8-6-5-7-9-19)34(30,31)21-13-10-17(2)11-14-21/h10-16,19H,4-9H2,1-3H3. The molecule has 0 saturated heterocycles. The van der Waals surface area contributed by atoms with Crippen LogP contribution in [0.3, 0.4) is 0 Å². The molecule has 4 rings (SSSR count). The Bertz CT molecular complexity index is 1320. The van der Waals surface area contributed by atoms with Crippen molar-refractivity contribution < 1.29 is 27.2 Å². The molecule has 8 heteroatoms. The van der Waals surface area contributed by atoms with Crippen molar-refractivity contribution in [1.82, 2.24) is 0 Å². The van der Waals surface area contributed by atoms with Gasteiger partial charge in [-0.25, -0.2) is 17.5 Å². The lowest BCUT2D eigenvalue weighted by Crippen LogP contribution is -2.41. The van der Waals surface area contributed by atoms with Gasteiger partial charge in [0.1, 0.15) is 16.9 Å². The molecule has 1 saturated carbocycles. The molecule has 0 bridgehead atoms. The predicted octanol–water partition coefficient (Wildman–Crippen LogP) is 5.53. The number of hydrogen-bond donors (Lipinski definition) is 0. The lowest BCUT2D eigenvalue weighted by Gasteiger charge is -2.29. The molecule has 0 aliphatic heterocycles. The summed E-state index contributed by atoms with van der Waals surface area (Å²) in [6, 6.07) is 11.1. The highest BCUT2D eigenvalue weighted by molar-refractivity contribution is 7.93. The average molecular weight is 484 g/mol. The molecule has 1 amide bonds. The number of ether oxygens (including phenoxy) is 1. The van der Waals surface area contributed by atoms with Crippen LogP contribution in [-0.2, 0) is 19.6 Å². The molecule has 1 aromatic heterocycles. The number of carbonyl (C=O) groups excluding carboxylic acids is 2. The van der Waals surface area contributed by atoms with Crippen LogP contribution in [0, 0.1) is 19.8 Å². The van der Waals surface area contributed by atoms with Crippen molar-refractivity contribution in [2.24, 2.45) is 5.92 Å². The summed E-state index contributed by atoms with van der Waals surface area (Å²) >= 11 is 0. The Hall–Kier alpha value is -3.13. The van der Waals surface area contributed by atoms with E-state index in [1.54, 1.807) is 38.1 Å². The van der Waals surface area contributed by atoms with E-state index in [1.807, 2.05) is 6.92 Å². The van der Waals surface area contributed by atoms with E-state index >= 15 is 0 Å². The van der Waals surface area contributed by atoms with Crippen molar-refractivity contribution in [2.75, 3.05) is 10.9 Å². The van der Waals surface area contributed by atoms with E-state index in [0.29, 0.717) is 29.6 Å². The molecular formula is C26H29NO6S. The number of sulfonamides is 1. The minimum Gasteiger partial charge on any atom is -0.462 e. The first-order valence-electron chi connectivity index (χ1n) is 11.6. The Morgan fingerprint density at radius 1 is 1.03 bits per heavy atom. The van der Waals surface area contributed by atoms with E-state index in [0.717, 1.165) is 29.1 Å². The van der Waals surface area contributed by atoms with Crippen LogP contribution in [0.4, 0.5) is 5.69 Å². The first kappa shape index (κ1) is 24.0. The van der Waals surface area contributed by atoms with Gasteiger partial charge >= 0.3 is 5.97 Å². The highest BCUT2D eigenvalue weighted by atomic mass is 32.2. The van der Waals surface area contributed by atoms with Crippen molar-refractivity contribution in [3.8, 4) is 0 Å². The van der Waals surface area contributed by atoms with Gasteiger partial charge in [-0.05, 0) is 63.9 Å². The molecule has 0 radical (unpaired) electrons. The molecule has 34 heavy (non-hydrogen) atoms. The van der Waals surface area contributed by atoms with Crippen LogP contribution in [0.25, 0.3) is 11.0 Å². The zero-order valence-corrected chi connectivity index (χ0v) is 20.5. The van der Waals surface area contributed by atoms with Crippen LogP contribution >= 0.6 is 0 Å². The van der Waals surface area contributed by atoms with Gasteiger partial charge in [-0.15, -0.1) is 0 Å². The molecular weight excluding hydrogens is 454 g/mol. The number of amides is 1. The molecule has 0 atom stereocenters. The maximum absolute atomic E-state index is 13.8. The highest BCUT2D eigenvalue weighted by Gasteiger charge is 2.36. The third-order valence-electron chi connectivity index (χ3n) is 6.28. The minimum atomic E-state index is -4.19. The van der Waals surface area contributed by atoms with E-state index in [9.17, 15) is 18.0 Å². The quantitative estimate of drug-likeness (QED) is 0.428. The molecule has 0 N–H and O–H groups in total. The number of benzene rings is 2. The van der Waals surface area contributed by atoms with Gasteiger partial charge in [0.05, 0.1) is 17.2 Å². The number of hydrogen-bond acceptors (Lipinski definition) is 6. The van der Waals surface area contributed by atoms with E-state index in [2.05, 4.69) is 0 Å². The van der Waals surface area contributed by atoms with E-state index in [1.165, 1.54) is 18.2 Å². The van der Waals surface area contributed by atoms with Gasteiger partial charge in [0.2, 0.25) is 5.91 Å². The summed E-state index contributed by atoms with van der Waals surface area (Å²) < 4.78 is 39.3. The van der Waals surface area contributed by atoms with Gasteiger partial charge in [0.15, 0.2) is 0 Å². The molecule has 1 aliphatic carbocycles. The van der Waals surface area contributed by atoms with Crippen LogP contribution in [0.1, 0.15) is 60.7 Å². The number of aryl methyl sites for hydroxylation is 2. The zero-order chi connectivity index (χ0) is 24.5. The molecule has 0 spiro atoms. The molecule has 7 nitrogen and oxygen atoms in total. The smallest absolute Gasteiger partial charge is 0.342 e. The first-order chi connectivity index (χ1) is 16.2. The third-order valence-corrected chi connectivity index (χ3v) is 8.01. The largest absolute Gasteiger partial charge is 0.462 e. The summed E-state index contributed by atoms with van der Waals surface area (Å²) in [4.78, 5) is 26.3. The van der Waals surface area contributed by atoms with Crippen molar-refractivity contribution in [3.05, 3.63) is 59.4 Å². The van der Waals surface area contributed by atoms with Crippen molar-refractivity contribution in [1.29, 1.82) is 0 Å². The Kier molecular flexibility index (Phi) is 6.79. The van der Waals surface area contributed by atoms with E-state index < -0.39 is 21.9 Å². The third kappa shape index (κ3) is 4.46. The van der Waals surface area contributed by atoms with Gasteiger partial charge in [0, 0.05) is 11.3 Å². The fourth-order valence-corrected chi connectivity index (χ4v) is 5.97. The summed E-state index contributed by atoms with van der Waals surface area (Å²) in [7, 11) is -4.19.